The summed E-state index contributed by atoms with van der Waals surface area (Å²) >= 11 is 0. The van der Waals surface area contributed by atoms with Crippen molar-refractivity contribution in [3.63, 3.8) is 0 Å². The van der Waals surface area contributed by atoms with Gasteiger partial charge in [-0.1, -0.05) is 13.8 Å². The Kier molecular flexibility index (Phi) is 8.45. The van der Waals surface area contributed by atoms with Crippen LogP contribution in [0.3, 0.4) is 0 Å². The van der Waals surface area contributed by atoms with Gasteiger partial charge >= 0.3 is 24.2 Å². The minimum Gasteiger partial charge on any atom is -0.380 e. The van der Waals surface area contributed by atoms with E-state index in [2.05, 4.69) is 9.47 Å². The van der Waals surface area contributed by atoms with Crippen molar-refractivity contribution in [2.24, 2.45) is 10.8 Å². The van der Waals surface area contributed by atoms with E-state index in [0.29, 0.717) is 26.4 Å². The summed E-state index contributed by atoms with van der Waals surface area (Å²) < 4.78 is 138. The summed E-state index contributed by atoms with van der Waals surface area (Å²) in [5, 5.41) is 0. The molecule has 0 spiro atoms. The van der Waals surface area contributed by atoms with Crippen molar-refractivity contribution in [1.29, 1.82) is 0 Å². The zero-order valence-corrected chi connectivity index (χ0v) is 16.1. The van der Waals surface area contributed by atoms with Crippen LogP contribution in [0.2, 0.25) is 0 Å². The van der Waals surface area contributed by atoms with Gasteiger partial charge in [0.25, 0.3) is 0 Å². The van der Waals surface area contributed by atoms with Crippen molar-refractivity contribution in [3.8, 4) is 0 Å². The molecule has 0 radical (unpaired) electrons. The molecule has 14 heteroatoms. The van der Waals surface area contributed by atoms with Crippen LogP contribution in [0.15, 0.2) is 0 Å². The van der Waals surface area contributed by atoms with Crippen LogP contribution < -0.4 is 0 Å². The van der Waals surface area contributed by atoms with Crippen LogP contribution in [0, 0.1) is 10.8 Å². The Morgan fingerprint density at radius 3 is 1.03 bits per heavy atom. The lowest BCUT2D eigenvalue weighted by atomic mass is 9.90. The second kappa shape index (κ2) is 9.33. The molecule has 0 aromatic rings. The monoisotopic (exact) mass is 468 g/mol. The molecule has 0 aromatic carbocycles. The highest BCUT2D eigenvalue weighted by atomic mass is 19.4. The maximum Gasteiger partial charge on any atom is 0.455 e. The lowest BCUT2D eigenvalue weighted by Crippen LogP contribution is -2.46. The minimum absolute atomic E-state index is 0.154. The van der Waals surface area contributed by atoms with Gasteiger partial charge in [0, 0.05) is 10.8 Å². The summed E-state index contributed by atoms with van der Waals surface area (Å²) in [6, 6.07) is 0. The van der Waals surface area contributed by atoms with Gasteiger partial charge in [0.05, 0.1) is 39.6 Å². The van der Waals surface area contributed by atoms with Crippen LogP contribution in [-0.4, -0.2) is 77.1 Å². The van der Waals surface area contributed by atoms with Crippen LogP contribution in [0.4, 0.5) is 43.9 Å². The highest BCUT2D eigenvalue weighted by Gasteiger charge is 2.58. The quantitative estimate of drug-likeness (QED) is 0.493. The molecular weight excluding hydrogens is 446 g/mol. The van der Waals surface area contributed by atoms with E-state index < -0.39 is 48.2 Å². The van der Waals surface area contributed by atoms with E-state index in [0.717, 1.165) is 0 Å². The Bertz CT molecular complexity index is 491. The van der Waals surface area contributed by atoms with Crippen molar-refractivity contribution >= 4 is 0 Å². The number of alkyl halides is 10. The van der Waals surface area contributed by atoms with E-state index in [1.165, 1.54) is 0 Å². The smallest absolute Gasteiger partial charge is 0.380 e. The van der Waals surface area contributed by atoms with Crippen molar-refractivity contribution in [1.82, 2.24) is 0 Å². The molecule has 0 aromatic heterocycles. The van der Waals surface area contributed by atoms with Gasteiger partial charge in [-0.05, 0) is 0 Å². The molecule has 0 aliphatic carbocycles. The molecule has 0 atom stereocenters. The predicted molar refractivity (Wildman–Crippen MR) is 81.5 cm³/mol. The lowest BCUT2D eigenvalue weighted by molar-refractivity contribution is -0.300. The first-order valence-electron chi connectivity index (χ1n) is 8.53. The lowest BCUT2D eigenvalue weighted by Gasteiger charge is -2.37. The van der Waals surface area contributed by atoms with Crippen LogP contribution in [0.25, 0.3) is 0 Å². The van der Waals surface area contributed by atoms with Gasteiger partial charge in [-0.15, -0.1) is 0 Å². The summed E-state index contributed by atoms with van der Waals surface area (Å²) in [4.78, 5) is 0. The van der Waals surface area contributed by atoms with Gasteiger partial charge in [-0.25, -0.2) is 0 Å². The summed E-state index contributed by atoms with van der Waals surface area (Å²) in [5.74, 6) is -9.57. The number of hydrogen-bond acceptors (Lipinski definition) is 4. The topological polar surface area (TPSA) is 36.9 Å². The molecule has 30 heavy (non-hydrogen) atoms. The molecular formula is C16H22F10O4. The molecule has 4 nitrogen and oxygen atoms in total. The molecule has 180 valence electrons. The highest BCUT2D eigenvalue weighted by Crippen LogP contribution is 2.37. The van der Waals surface area contributed by atoms with Crippen LogP contribution in [0.5, 0.6) is 0 Å². The largest absolute Gasteiger partial charge is 0.455 e. The van der Waals surface area contributed by atoms with Crippen molar-refractivity contribution in [2.75, 3.05) is 52.9 Å². The first-order valence-corrected chi connectivity index (χ1v) is 8.53. The maximum atomic E-state index is 12.3. The third kappa shape index (κ3) is 7.68. The molecule has 0 N–H and O–H groups in total. The zero-order valence-electron chi connectivity index (χ0n) is 16.1. The van der Waals surface area contributed by atoms with Crippen molar-refractivity contribution in [3.05, 3.63) is 0 Å². The predicted octanol–water partition coefficient (Wildman–Crippen LogP) is 4.47. The second-order valence-electron chi connectivity index (χ2n) is 8.00. The summed E-state index contributed by atoms with van der Waals surface area (Å²) in [6.45, 7) is 1.12. The van der Waals surface area contributed by atoms with Crippen LogP contribution in [0.1, 0.15) is 13.8 Å². The molecule has 0 unspecified atom stereocenters. The molecule has 0 amide bonds. The molecule has 2 aliphatic heterocycles. The summed E-state index contributed by atoms with van der Waals surface area (Å²) in [7, 11) is 0. The standard InChI is InChI=1S/2C8H11F5O2/c2*1-6(2-14-3-6)4-15-5-7(9,10)8(11,12)13/h2*2-5H2,1H3. The first-order chi connectivity index (χ1) is 13.3. The van der Waals surface area contributed by atoms with E-state index >= 15 is 0 Å². The van der Waals surface area contributed by atoms with Gasteiger partial charge in [0.2, 0.25) is 0 Å². The Morgan fingerprint density at radius 1 is 0.600 bits per heavy atom. The molecule has 2 fully saturated rings. The fourth-order valence-electron chi connectivity index (χ4n) is 2.08. The van der Waals surface area contributed by atoms with Crippen molar-refractivity contribution < 1.29 is 62.9 Å². The molecule has 0 bridgehead atoms. The van der Waals surface area contributed by atoms with E-state index in [1.54, 1.807) is 13.8 Å². The second-order valence-corrected chi connectivity index (χ2v) is 8.00. The van der Waals surface area contributed by atoms with Gasteiger partial charge in [0.1, 0.15) is 13.2 Å². The van der Waals surface area contributed by atoms with Gasteiger partial charge < -0.3 is 18.9 Å². The Hall–Kier alpha value is -0.860. The van der Waals surface area contributed by atoms with E-state index in [1.807, 2.05) is 0 Å². The molecule has 0 saturated carbocycles. The number of halogens is 10. The van der Waals surface area contributed by atoms with Gasteiger partial charge in [-0.3, -0.25) is 0 Å². The third-order valence-corrected chi connectivity index (χ3v) is 4.10. The zero-order chi connectivity index (χ0) is 23.5. The third-order valence-electron chi connectivity index (χ3n) is 4.10. The Labute approximate surface area is 165 Å². The number of hydrogen-bond donors (Lipinski definition) is 0. The molecule has 2 heterocycles. The fourth-order valence-corrected chi connectivity index (χ4v) is 2.08. The van der Waals surface area contributed by atoms with E-state index in [4.69, 9.17) is 9.47 Å². The SMILES string of the molecule is CC1(COCC(F)(F)C(F)(F)F)COC1.CC1(COCC(F)(F)C(F)(F)F)COC1. The van der Waals surface area contributed by atoms with Crippen LogP contribution >= 0.6 is 0 Å². The Balaban J connectivity index is 0.000000300. The maximum absolute atomic E-state index is 12.3. The number of ether oxygens (including phenoxy) is 4. The number of rotatable bonds is 8. The summed E-state index contributed by atoms with van der Waals surface area (Å²) in [5.41, 5.74) is -0.858. The Morgan fingerprint density at radius 2 is 0.867 bits per heavy atom. The van der Waals surface area contributed by atoms with E-state index in [9.17, 15) is 43.9 Å². The average Bonchev–Trinajstić information content (AvgIpc) is 2.49. The average molecular weight is 468 g/mol. The summed E-state index contributed by atoms with van der Waals surface area (Å²) in [6.07, 6.45) is -11.1. The first kappa shape index (κ1) is 27.2. The normalized spacial score (nSPS) is 21.2. The molecule has 2 aliphatic rings. The van der Waals surface area contributed by atoms with Gasteiger partial charge in [0.15, 0.2) is 0 Å². The molecule has 2 rings (SSSR count). The minimum atomic E-state index is -5.55. The van der Waals surface area contributed by atoms with E-state index in [-0.39, 0.29) is 13.2 Å². The molecule has 2 saturated heterocycles. The van der Waals surface area contributed by atoms with Crippen LogP contribution in [-0.2, 0) is 18.9 Å². The van der Waals surface area contributed by atoms with Gasteiger partial charge in [-0.2, -0.15) is 43.9 Å². The fraction of sp³-hybridized carbons (Fsp3) is 1.00. The van der Waals surface area contributed by atoms with Crippen molar-refractivity contribution in [2.45, 2.75) is 38.0 Å². The highest BCUT2D eigenvalue weighted by molar-refractivity contribution is 4.82.